The fourth-order valence-electron chi connectivity index (χ4n) is 2.88. The van der Waals surface area contributed by atoms with Crippen molar-refractivity contribution >= 4 is 22.9 Å². The number of thiazole rings is 1. The van der Waals surface area contributed by atoms with Crippen LogP contribution in [-0.4, -0.2) is 40.1 Å². The minimum Gasteiger partial charge on any atom is -0.395 e. The van der Waals surface area contributed by atoms with Crippen molar-refractivity contribution in [2.75, 3.05) is 18.5 Å². The lowest BCUT2D eigenvalue weighted by molar-refractivity contribution is -0.115. The molecule has 0 radical (unpaired) electrons. The molecule has 1 aromatic heterocycles. The fraction of sp³-hybridized carbons (Fsp3) is 0.412. The van der Waals surface area contributed by atoms with Crippen LogP contribution in [0.4, 0.5) is 5.69 Å². The molecule has 1 amide bonds. The van der Waals surface area contributed by atoms with Crippen molar-refractivity contribution in [3.63, 3.8) is 0 Å². The number of likely N-dealkylation sites (tertiary alicyclic amines) is 1. The third kappa shape index (κ3) is 4.37. The Labute approximate surface area is 140 Å². The summed E-state index contributed by atoms with van der Waals surface area (Å²) in [7, 11) is 0. The van der Waals surface area contributed by atoms with Gasteiger partial charge < -0.3 is 10.4 Å². The van der Waals surface area contributed by atoms with Gasteiger partial charge in [-0.1, -0.05) is 18.2 Å². The zero-order chi connectivity index (χ0) is 16.1. The molecule has 2 aromatic rings. The monoisotopic (exact) mass is 331 g/mol. The minimum absolute atomic E-state index is 0.0495. The second-order valence-corrected chi connectivity index (χ2v) is 6.72. The van der Waals surface area contributed by atoms with E-state index < -0.39 is 0 Å². The van der Waals surface area contributed by atoms with Crippen LogP contribution in [0, 0.1) is 0 Å². The Balaban J connectivity index is 1.54. The number of hydrogen-bond acceptors (Lipinski definition) is 5. The van der Waals surface area contributed by atoms with Gasteiger partial charge in [0.1, 0.15) is 5.01 Å². The smallest absolute Gasteiger partial charge is 0.231 e. The molecule has 0 bridgehead atoms. The molecule has 1 aromatic carbocycles. The fourth-order valence-corrected chi connectivity index (χ4v) is 3.67. The number of benzene rings is 1. The van der Waals surface area contributed by atoms with Crippen LogP contribution in [0.25, 0.3) is 0 Å². The summed E-state index contributed by atoms with van der Waals surface area (Å²) in [6, 6.07) is 9.69. The molecular formula is C17H21N3O2S. The lowest BCUT2D eigenvalue weighted by Crippen LogP contribution is -2.31. The van der Waals surface area contributed by atoms with Gasteiger partial charge in [0.15, 0.2) is 0 Å². The lowest BCUT2D eigenvalue weighted by Gasteiger charge is -2.21. The first-order chi connectivity index (χ1) is 11.2. The summed E-state index contributed by atoms with van der Waals surface area (Å²) in [4.78, 5) is 18.9. The van der Waals surface area contributed by atoms with Crippen LogP contribution >= 0.6 is 11.3 Å². The van der Waals surface area contributed by atoms with E-state index in [1.807, 2.05) is 35.7 Å². The van der Waals surface area contributed by atoms with E-state index in [1.54, 1.807) is 0 Å². The SMILES string of the molecule is O=C(Cc1nc(CN2CCCC2CO)cs1)Nc1ccccc1. The summed E-state index contributed by atoms with van der Waals surface area (Å²) in [5.41, 5.74) is 1.79. The van der Waals surface area contributed by atoms with Crippen LogP contribution in [0.2, 0.25) is 0 Å². The second kappa shape index (κ2) is 7.68. The largest absolute Gasteiger partial charge is 0.395 e. The quantitative estimate of drug-likeness (QED) is 0.852. The third-order valence-corrected chi connectivity index (χ3v) is 4.94. The maximum absolute atomic E-state index is 12.0. The van der Waals surface area contributed by atoms with Crippen molar-refractivity contribution in [1.82, 2.24) is 9.88 Å². The summed E-state index contributed by atoms with van der Waals surface area (Å²) >= 11 is 1.52. The zero-order valence-corrected chi connectivity index (χ0v) is 13.8. The zero-order valence-electron chi connectivity index (χ0n) is 12.9. The first-order valence-electron chi connectivity index (χ1n) is 7.87. The minimum atomic E-state index is -0.0495. The van der Waals surface area contributed by atoms with Crippen LogP contribution < -0.4 is 5.32 Å². The van der Waals surface area contributed by atoms with Crippen molar-refractivity contribution in [3.05, 3.63) is 46.4 Å². The highest BCUT2D eigenvalue weighted by molar-refractivity contribution is 7.09. The van der Waals surface area contributed by atoms with Crippen molar-refractivity contribution < 1.29 is 9.90 Å². The Bertz CT molecular complexity index is 644. The van der Waals surface area contributed by atoms with Gasteiger partial charge in [0.25, 0.3) is 0 Å². The number of aliphatic hydroxyl groups is 1. The normalized spacial score (nSPS) is 18.2. The number of nitrogens with zero attached hydrogens (tertiary/aromatic N) is 2. The highest BCUT2D eigenvalue weighted by atomic mass is 32.1. The topological polar surface area (TPSA) is 65.5 Å². The molecule has 2 heterocycles. The molecule has 1 atom stereocenters. The molecule has 1 fully saturated rings. The molecule has 1 aliphatic rings. The van der Waals surface area contributed by atoms with Crippen molar-refractivity contribution in [1.29, 1.82) is 0 Å². The second-order valence-electron chi connectivity index (χ2n) is 5.77. The van der Waals surface area contributed by atoms with Gasteiger partial charge in [0.05, 0.1) is 18.7 Å². The van der Waals surface area contributed by atoms with E-state index in [0.29, 0.717) is 6.42 Å². The standard InChI is InChI=1S/C17H21N3O2S/c21-11-15-7-4-8-20(15)10-14-12-23-17(19-14)9-16(22)18-13-5-2-1-3-6-13/h1-3,5-6,12,15,21H,4,7-11H2,(H,18,22). The van der Waals surface area contributed by atoms with Gasteiger partial charge in [-0.25, -0.2) is 4.98 Å². The molecule has 0 saturated carbocycles. The van der Waals surface area contributed by atoms with Gasteiger partial charge in [-0.05, 0) is 31.5 Å². The van der Waals surface area contributed by atoms with Crippen LogP contribution in [0.5, 0.6) is 0 Å². The maximum atomic E-state index is 12.0. The van der Waals surface area contributed by atoms with E-state index in [1.165, 1.54) is 11.3 Å². The van der Waals surface area contributed by atoms with Gasteiger partial charge in [0.2, 0.25) is 5.91 Å². The third-order valence-electron chi connectivity index (χ3n) is 4.04. The van der Waals surface area contributed by atoms with Crippen molar-refractivity contribution in [2.45, 2.75) is 31.8 Å². The lowest BCUT2D eigenvalue weighted by atomic mass is 10.2. The molecule has 0 spiro atoms. The van der Waals surface area contributed by atoms with Gasteiger partial charge in [0, 0.05) is 23.7 Å². The summed E-state index contributed by atoms with van der Waals surface area (Å²) < 4.78 is 0. The van der Waals surface area contributed by atoms with Crippen LogP contribution in [0.15, 0.2) is 35.7 Å². The summed E-state index contributed by atoms with van der Waals surface area (Å²) in [5, 5.41) is 15.1. The predicted molar refractivity (Wildman–Crippen MR) is 91.4 cm³/mol. The Hall–Kier alpha value is -1.76. The van der Waals surface area contributed by atoms with E-state index in [-0.39, 0.29) is 18.6 Å². The number of carbonyl (C=O) groups excluding carboxylic acids is 1. The summed E-state index contributed by atoms with van der Waals surface area (Å²) in [6.45, 7) is 1.96. The number of aliphatic hydroxyl groups excluding tert-OH is 1. The number of nitrogens with one attached hydrogen (secondary N) is 1. The number of amides is 1. The van der Waals surface area contributed by atoms with E-state index in [9.17, 15) is 9.90 Å². The average Bonchev–Trinajstić information content (AvgIpc) is 3.18. The average molecular weight is 331 g/mol. The van der Waals surface area contributed by atoms with Crippen molar-refractivity contribution in [3.8, 4) is 0 Å². The predicted octanol–water partition coefficient (Wildman–Crippen LogP) is 2.28. The molecule has 5 nitrogen and oxygen atoms in total. The van der Waals surface area contributed by atoms with E-state index in [0.717, 1.165) is 42.3 Å². The van der Waals surface area contributed by atoms with E-state index >= 15 is 0 Å². The van der Waals surface area contributed by atoms with Crippen LogP contribution in [0.1, 0.15) is 23.5 Å². The van der Waals surface area contributed by atoms with Gasteiger partial charge in [-0.2, -0.15) is 0 Å². The molecule has 6 heteroatoms. The van der Waals surface area contributed by atoms with Gasteiger partial charge in [-0.15, -0.1) is 11.3 Å². The van der Waals surface area contributed by atoms with Gasteiger partial charge >= 0.3 is 0 Å². The Morgan fingerprint density at radius 1 is 1.39 bits per heavy atom. The number of aromatic nitrogens is 1. The number of anilines is 1. The van der Waals surface area contributed by atoms with Crippen LogP contribution in [0.3, 0.4) is 0 Å². The summed E-state index contributed by atoms with van der Waals surface area (Å²) in [6.07, 6.45) is 2.47. The number of rotatable bonds is 6. The molecule has 1 unspecified atom stereocenters. The number of para-hydroxylation sites is 1. The number of carbonyl (C=O) groups is 1. The number of hydrogen-bond donors (Lipinski definition) is 2. The van der Waals surface area contributed by atoms with E-state index in [4.69, 9.17) is 0 Å². The molecule has 1 saturated heterocycles. The molecule has 3 rings (SSSR count). The van der Waals surface area contributed by atoms with Gasteiger partial charge in [-0.3, -0.25) is 9.69 Å². The molecule has 122 valence electrons. The molecule has 2 N–H and O–H groups in total. The summed E-state index contributed by atoms with van der Waals surface area (Å²) in [5.74, 6) is -0.0495. The maximum Gasteiger partial charge on any atom is 0.231 e. The highest BCUT2D eigenvalue weighted by Crippen LogP contribution is 2.21. The first-order valence-corrected chi connectivity index (χ1v) is 8.75. The molecule has 1 aliphatic heterocycles. The first kappa shape index (κ1) is 16.1. The Kier molecular flexibility index (Phi) is 5.38. The van der Waals surface area contributed by atoms with Crippen molar-refractivity contribution in [2.24, 2.45) is 0 Å². The highest BCUT2D eigenvalue weighted by Gasteiger charge is 2.24. The molecule has 23 heavy (non-hydrogen) atoms. The Morgan fingerprint density at radius 3 is 3.00 bits per heavy atom. The van der Waals surface area contributed by atoms with E-state index in [2.05, 4.69) is 15.2 Å². The molecule has 0 aliphatic carbocycles. The molecular weight excluding hydrogens is 310 g/mol. The Morgan fingerprint density at radius 2 is 2.22 bits per heavy atom. The van der Waals surface area contributed by atoms with Crippen LogP contribution in [-0.2, 0) is 17.8 Å².